The number of hydrogen-bond donors (Lipinski definition) is 2. The van der Waals surface area contributed by atoms with E-state index < -0.39 is 17.6 Å². The van der Waals surface area contributed by atoms with Crippen LogP contribution >= 0.6 is 0 Å². The summed E-state index contributed by atoms with van der Waals surface area (Å²) in [5.41, 5.74) is 2.09. The summed E-state index contributed by atoms with van der Waals surface area (Å²) in [7, 11) is 0. The number of rotatable bonds is 3. The number of carboxylic acid groups (broad SMARTS) is 1. The number of carbonyl (C=O) groups is 3. The molecule has 3 heterocycles. The third kappa shape index (κ3) is 4.90. The van der Waals surface area contributed by atoms with Gasteiger partial charge in [0.05, 0.1) is 5.52 Å². The predicted molar refractivity (Wildman–Crippen MR) is 126 cm³/mol. The Labute approximate surface area is 195 Å². The van der Waals surface area contributed by atoms with Crippen LogP contribution in [0.4, 0.5) is 15.3 Å². The molecule has 1 aliphatic rings. The van der Waals surface area contributed by atoms with Crippen molar-refractivity contribution >= 4 is 40.3 Å². The molecule has 2 aromatic heterocycles. The zero-order valence-corrected chi connectivity index (χ0v) is 19.1. The topological polar surface area (TPSA) is 127 Å². The second kappa shape index (κ2) is 8.97. The number of carbonyl (C=O) groups excluding carboxylic acids is 2. The Morgan fingerprint density at radius 2 is 1.85 bits per heavy atom. The maximum absolute atomic E-state index is 12.9. The Morgan fingerprint density at radius 3 is 2.47 bits per heavy atom. The van der Waals surface area contributed by atoms with Crippen LogP contribution in [0, 0.1) is 0 Å². The maximum atomic E-state index is 12.9. The lowest BCUT2D eigenvalue weighted by Gasteiger charge is -2.29. The highest BCUT2D eigenvalue weighted by atomic mass is 16.6. The van der Waals surface area contributed by atoms with E-state index >= 15 is 0 Å². The Bertz CT molecular complexity index is 1290. The molecule has 0 unspecified atom stereocenters. The second-order valence-corrected chi connectivity index (χ2v) is 8.87. The number of fused-ring (bicyclic) bond motifs is 1. The molecule has 0 saturated carbocycles. The minimum absolute atomic E-state index is 0.00264. The van der Waals surface area contributed by atoms with Gasteiger partial charge in [-0.05, 0) is 62.6 Å². The lowest BCUT2D eigenvalue weighted by atomic mass is 9.98. The molecule has 176 valence electrons. The van der Waals surface area contributed by atoms with E-state index in [0.717, 1.165) is 15.8 Å². The molecule has 0 spiro atoms. The molecule has 0 saturated heterocycles. The highest BCUT2D eigenvalue weighted by Gasteiger charge is 2.25. The molecule has 10 nitrogen and oxygen atoms in total. The molecule has 0 aliphatic carbocycles. The number of pyridine rings is 1. The standard InChI is InChI=1S/C24H25N5O5/c1-24(2,3)34-23(33)28-12-8-15(9-13-28)16-4-5-19-18(14-16)20(27-29(19)22(31)32)21(30)26-17-6-10-25-11-7-17/h4-8,10-11,14H,9,12-13H2,1-3H3,(H,31,32)(H,25,26,30). The lowest BCUT2D eigenvalue weighted by molar-refractivity contribution is 0.0270. The number of nitrogens with one attached hydrogen (secondary N) is 1. The van der Waals surface area contributed by atoms with E-state index in [1.54, 1.807) is 35.2 Å². The van der Waals surface area contributed by atoms with Gasteiger partial charge in [0.25, 0.3) is 5.91 Å². The van der Waals surface area contributed by atoms with Crippen molar-refractivity contribution in [2.45, 2.75) is 32.8 Å². The van der Waals surface area contributed by atoms with Gasteiger partial charge in [-0.3, -0.25) is 9.78 Å². The van der Waals surface area contributed by atoms with E-state index in [9.17, 15) is 19.5 Å². The smallest absolute Gasteiger partial charge is 0.432 e. The fourth-order valence-corrected chi connectivity index (χ4v) is 3.68. The van der Waals surface area contributed by atoms with Gasteiger partial charge in [0.15, 0.2) is 5.69 Å². The van der Waals surface area contributed by atoms with Crippen LogP contribution in [0.25, 0.3) is 16.5 Å². The van der Waals surface area contributed by atoms with Crippen molar-refractivity contribution in [2.24, 2.45) is 0 Å². The van der Waals surface area contributed by atoms with Gasteiger partial charge in [-0.25, -0.2) is 9.59 Å². The van der Waals surface area contributed by atoms with Gasteiger partial charge in [0, 0.05) is 36.6 Å². The maximum Gasteiger partial charge on any atom is 0.432 e. The van der Waals surface area contributed by atoms with Crippen molar-refractivity contribution < 1.29 is 24.2 Å². The van der Waals surface area contributed by atoms with Crippen LogP contribution in [-0.2, 0) is 4.74 Å². The molecular weight excluding hydrogens is 438 g/mol. The van der Waals surface area contributed by atoms with Crippen LogP contribution in [0.5, 0.6) is 0 Å². The molecule has 1 aromatic carbocycles. The largest absolute Gasteiger partial charge is 0.463 e. The first-order chi connectivity index (χ1) is 16.1. The Kier molecular flexibility index (Phi) is 6.06. The summed E-state index contributed by atoms with van der Waals surface area (Å²) in [6, 6.07) is 8.45. The molecule has 4 rings (SSSR count). The van der Waals surface area contributed by atoms with Gasteiger partial charge in [0.1, 0.15) is 5.60 Å². The quantitative estimate of drug-likeness (QED) is 0.595. The van der Waals surface area contributed by atoms with E-state index in [0.29, 0.717) is 36.1 Å². The van der Waals surface area contributed by atoms with Crippen molar-refractivity contribution in [1.82, 2.24) is 19.7 Å². The Hall–Kier alpha value is -4.21. The molecule has 34 heavy (non-hydrogen) atoms. The number of benzene rings is 1. The number of aromatic nitrogens is 3. The van der Waals surface area contributed by atoms with Gasteiger partial charge in [-0.15, -0.1) is 0 Å². The summed E-state index contributed by atoms with van der Waals surface area (Å²) in [4.78, 5) is 42.5. The normalized spacial score (nSPS) is 14.0. The van der Waals surface area contributed by atoms with Crippen LogP contribution in [-0.4, -0.2) is 61.6 Å². The minimum Gasteiger partial charge on any atom is -0.463 e. The molecule has 0 radical (unpaired) electrons. The van der Waals surface area contributed by atoms with Crippen molar-refractivity contribution in [2.75, 3.05) is 18.4 Å². The molecule has 0 atom stereocenters. The van der Waals surface area contributed by atoms with Gasteiger partial charge >= 0.3 is 12.2 Å². The zero-order chi connectivity index (χ0) is 24.5. The third-order valence-corrected chi connectivity index (χ3v) is 5.25. The number of hydrogen-bond acceptors (Lipinski definition) is 6. The monoisotopic (exact) mass is 463 g/mol. The first-order valence-electron chi connectivity index (χ1n) is 10.8. The number of amides is 2. The molecule has 3 aromatic rings. The van der Waals surface area contributed by atoms with Crippen molar-refractivity contribution in [3.63, 3.8) is 0 Å². The van der Waals surface area contributed by atoms with Crippen LogP contribution in [0.15, 0.2) is 48.8 Å². The van der Waals surface area contributed by atoms with Crippen molar-refractivity contribution in [3.05, 3.63) is 60.1 Å². The fourth-order valence-electron chi connectivity index (χ4n) is 3.68. The van der Waals surface area contributed by atoms with Crippen LogP contribution in [0.2, 0.25) is 0 Å². The average Bonchev–Trinajstić information content (AvgIpc) is 3.18. The summed E-state index contributed by atoms with van der Waals surface area (Å²) >= 11 is 0. The molecule has 0 bridgehead atoms. The zero-order valence-electron chi connectivity index (χ0n) is 19.1. The van der Waals surface area contributed by atoms with Gasteiger partial charge in [-0.1, -0.05) is 12.1 Å². The number of nitrogens with zero attached hydrogens (tertiary/aromatic N) is 4. The minimum atomic E-state index is -1.29. The van der Waals surface area contributed by atoms with Crippen LogP contribution in [0.3, 0.4) is 0 Å². The van der Waals surface area contributed by atoms with Crippen molar-refractivity contribution in [3.8, 4) is 0 Å². The number of ether oxygens (including phenoxy) is 1. The SMILES string of the molecule is CC(C)(C)OC(=O)N1CC=C(c2ccc3c(c2)c(C(=O)Nc2ccncc2)nn3C(=O)O)CC1. The van der Waals surface area contributed by atoms with Gasteiger partial charge < -0.3 is 20.1 Å². The Morgan fingerprint density at radius 1 is 1.12 bits per heavy atom. The molecule has 10 heteroatoms. The summed E-state index contributed by atoms with van der Waals surface area (Å²) in [5, 5.41) is 16.7. The molecule has 2 amide bonds. The predicted octanol–water partition coefficient (Wildman–Crippen LogP) is 4.23. The average molecular weight is 463 g/mol. The highest BCUT2D eigenvalue weighted by Crippen LogP contribution is 2.28. The molecule has 0 fully saturated rings. The van der Waals surface area contributed by atoms with Gasteiger partial charge in [-0.2, -0.15) is 9.78 Å². The highest BCUT2D eigenvalue weighted by molar-refractivity contribution is 6.12. The summed E-state index contributed by atoms with van der Waals surface area (Å²) in [6.45, 7) is 6.36. The van der Waals surface area contributed by atoms with E-state index in [2.05, 4.69) is 15.4 Å². The summed E-state index contributed by atoms with van der Waals surface area (Å²) in [6.07, 6.45) is 3.96. The van der Waals surface area contributed by atoms with Crippen molar-refractivity contribution in [1.29, 1.82) is 0 Å². The first-order valence-corrected chi connectivity index (χ1v) is 10.8. The summed E-state index contributed by atoms with van der Waals surface area (Å²) < 4.78 is 6.23. The third-order valence-electron chi connectivity index (χ3n) is 5.25. The lowest BCUT2D eigenvalue weighted by Crippen LogP contribution is -2.39. The summed E-state index contributed by atoms with van der Waals surface area (Å²) in [5.74, 6) is -0.526. The van der Waals surface area contributed by atoms with Gasteiger partial charge in [0.2, 0.25) is 0 Å². The molecule has 1 aliphatic heterocycles. The van der Waals surface area contributed by atoms with Crippen LogP contribution < -0.4 is 5.32 Å². The van der Waals surface area contributed by atoms with E-state index in [-0.39, 0.29) is 11.8 Å². The van der Waals surface area contributed by atoms with Crippen LogP contribution in [0.1, 0.15) is 43.2 Å². The fraction of sp³-hybridized carbons (Fsp3) is 0.292. The molecular formula is C24H25N5O5. The van der Waals surface area contributed by atoms with E-state index in [4.69, 9.17) is 4.74 Å². The van der Waals surface area contributed by atoms with E-state index in [1.165, 1.54) is 12.4 Å². The number of anilines is 1. The first kappa shape index (κ1) is 23.0. The second-order valence-electron chi connectivity index (χ2n) is 8.87. The Balaban J connectivity index is 1.63. The van der Waals surface area contributed by atoms with E-state index in [1.807, 2.05) is 26.8 Å². The molecule has 2 N–H and O–H groups in total.